The van der Waals surface area contributed by atoms with E-state index in [0.29, 0.717) is 53.3 Å². The molecule has 37 heavy (non-hydrogen) atoms. The molecule has 0 saturated carbocycles. The maximum atomic E-state index is 13.8. The molecule has 9 nitrogen and oxygen atoms in total. The predicted octanol–water partition coefficient (Wildman–Crippen LogP) is 3.54. The summed E-state index contributed by atoms with van der Waals surface area (Å²) in [5.74, 6) is -0.107. The van der Waals surface area contributed by atoms with E-state index in [0.717, 1.165) is 22.0 Å². The van der Waals surface area contributed by atoms with Crippen molar-refractivity contribution in [3.8, 4) is 28.5 Å². The fourth-order valence-corrected chi connectivity index (χ4v) is 5.24. The number of esters is 1. The van der Waals surface area contributed by atoms with Gasteiger partial charge in [0.15, 0.2) is 5.56 Å². The Balaban J connectivity index is 1.83. The summed E-state index contributed by atoms with van der Waals surface area (Å²) in [6.07, 6.45) is 1.84. The Morgan fingerprint density at radius 1 is 1.05 bits per heavy atom. The number of rotatable bonds is 6. The van der Waals surface area contributed by atoms with Crippen LogP contribution in [0.3, 0.4) is 0 Å². The molecule has 0 radical (unpaired) electrons. The highest BCUT2D eigenvalue weighted by atomic mass is 16.5. The molecule has 2 aromatic carbocycles. The molecule has 2 aromatic heterocycles. The second kappa shape index (κ2) is 9.67. The van der Waals surface area contributed by atoms with Gasteiger partial charge in [0.1, 0.15) is 17.2 Å². The number of aryl methyl sites for hydroxylation is 1. The molecular formula is C28H28N2O7. The number of aliphatic hydroxyl groups excluding tert-OH is 1. The number of aromatic hydroxyl groups is 1. The average Bonchev–Trinajstić information content (AvgIpc) is 3.25. The van der Waals surface area contributed by atoms with Gasteiger partial charge in [0.05, 0.1) is 40.2 Å². The zero-order chi connectivity index (χ0) is 26.3. The quantitative estimate of drug-likeness (QED) is 0.343. The van der Waals surface area contributed by atoms with E-state index in [9.17, 15) is 19.8 Å². The van der Waals surface area contributed by atoms with Gasteiger partial charge in [-0.3, -0.25) is 4.79 Å². The van der Waals surface area contributed by atoms with Gasteiger partial charge < -0.3 is 34.0 Å². The molecule has 0 atom stereocenters. The van der Waals surface area contributed by atoms with Gasteiger partial charge in [-0.05, 0) is 49.1 Å². The average molecular weight is 505 g/mol. The number of nitrogens with one attached hydrogen (secondary N) is 1. The van der Waals surface area contributed by atoms with Gasteiger partial charge in [-0.1, -0.05) is 6.07 Å². The molecule has 3 N–H and O–H groups in total. The highest BCUT2D eigenvalue weighted by Crippen LogP contribution is 2.41. The normalized spacial score (nSPS) is 12.5. The lowest BCUT2D eigenvalue weighted by Gasteiger charge is -2.21. The van der Waals surface area contributed by atoms with Crippen molar-refractivity contribution in [1.82, 2.24) is 9.55 Å². The van der Waals surface area contributed by atoms with E-state index >= 15 is 0 Å². The fourth-order valence-electron chi connectivity index (χ4n) is 5.24. The number of aliphatic hydroxyl groups is 1. The number of H-pyrrole nitrogens is 1. The van der Waals surface area contributed by atoms with Crippen LogP contribution in [-0.4, -0.2) is 47.1 Å². The summed E-state index contributed by atoms with van der Waals surface area (Å²) in [6.45, 7) is -0.0313. The van der Waals surface area contributed by atoms with Crippen LogP contribution in [0.15, 0.2) is 41.2 Å². The van der Waals surface area contributed by atoms with Crippen LogP contribution in [0.5, 0.6) is 17.2 Å². The standard InChI is InChI=1S/C28H28N2O7/c1-35-17-8-7-15(23(12-17)36-2)13-30-25-19-9-10-22-21(11-16(14-31)29-22)18(19)5-4-6-20(25)26(32)24(27(30)33)28(34)37-3/h7-12,29,31-32H,4-6,13-14H2,1-3H3. The molecule has 0 spiro atoms. The molecule has 2 heterocycles. The van der Waals surface area contributed by atoms with E-state index in [-0.39, 0.29) is 24.5 Å². The smallest absolute Gasteiger partial charge is 0.347 e. The van der Waals surface area contributed by atoms with E-state index in [1.165, 1.54) is 18.8 Å². The van der Waals surface area contributed by atoms with Crippen LogP contribution in [0.2, 0.25) is 0 Å². The van der Waals surface area contributed by atoms with Crippen LogP contribution in [0.4, 0.5) is 0 Å². The third-order valence-corrected chi connectivity index (χ3v) is 7.00. The molecule has 0 aliphatic heterocycles. The zero-order valence-electron chi connectivity index (χ0n) is 20.9. The van der Waals surface area contributed by atoms with E-state index in [4.69, 9.17) is 14.2 Å². The van der Waals surface area contributed by atoms with Crippen molar-refractivity contribution >= 4 is 16.9 Å². The lowest BCUT2D eigenvalue weighted by Crippen LogP contribution is -2.30. The first-order valence-electron chi connectivity index (χ1n) is 11.9. The minimum Gasteiger partial charge on any atom is -0.506 e. The number of carbonyl (C=O) groups is 1. The van der Waals surface area contributed by atoms with Crippen LogP contribution in [0.25, 0.3) is 22.2 Å². The highest BCUT2D eigenvalue weighted by Gasteiger charge is 2.30. The monoisotopic (exact) mass is 504 g/mol. The molecule has 0 bridgehead atoms. The van der Waals surface area contributed by atoms with Crippen molar-refractivity contribution in [2.24, 2.45) is 0 Å². The number of methoxy groups -OCH3 is 3. The Morgan fingerprint density at radius 2 is 1.84 bits per heavy atom. The van der Waals surface area contributed by atoms with Crippen molar-refractivity contribution in [2.45, 2.75) is 32.4 Å². The van der Waals surface area contributed by atoms with Gasteiger partial charge in [0.2, 0.25) is 0 Å². The number of ether oxygens (including phenoxy) is 3. The number of benzene rings is 2. The summed E-state index contributed by atoms with van der Waals surface area (Å²) in [4.78, 5) is 29.7. The SMILES string of the molecule is COC(=O)c1c(O)c2c(n(Cc3ccc(OC)cc3OC)c1=O)-c1ccc3[nH]c(CO)cc3c1CCC2. The Hall–Kier alpha value is -4.24. The summed E-state index contributed by atoms with van der Waals surface area (Å²) < 4.78 is 17.3. The molecule has 0 unspecified atom stereocenters. The topological polar surface area (TPSA) is 123 Å². The van der Waals surface area contributed by atoms with Gasteiger partial charge >= 0.3 is 5.97 Å². The summed E-state index contributed by atoms with van der Waals surface area (Å²) in [5, 5.41) is 21.8. The van der Waals surface area contributed by atoms with Gasteiger partial charge in [0, 0.05) is 39.4 Å². The van der Waals surface area contributed by atoms with Crippen molar-refractivity contribution in [1.29, 1.82) is 0 Å². The number of carbonyl (C=O) groups excluding carboxylic acids is 1. The van der Waals surface area contributed by atoms with E-state index in [1.54, 1.807) is 19.2 Å². The molecule has 192 valence electrons. The van der Waals surface area contributed by atoms with Crippen LogP contribution in [-0.2, 0) is 30.7 Å². The third-order valence-electron chi connectivity index (χ3n) is 7.00. The molecule has 9 heteroatoms. The zero-order valence-corrected chi connectivity index (χ0v) is 20.9. The van der Waals surface area contributed by atoms with E-state index in [1.807, 2.05) is 24.3 Å². The lowest BCUT2D eigenvalue weighted by molar-refractivity contribution is 0.0594. The summed E-state index contributed by atoms with van der Waals surface area (Å²) in [5.41, 5.74) is 4.10. The van der Waals surface area contributed by atoms with Crippen molar-refractivity contribution in [3.63, 3.8) is 0 Å². The molecular weight excluding hydrogens is 476 g/mol. The number of nitrogens with zero attached hydrogens (tertiary/aromatic N) is 1. The molecule has 5 rings (SSSR count). The number of aromatic amines is 1. The maximum absolute atomic E-state index is 13.8. The van der Waals surface area contributed by atoms with Crippen molar-refractivity contribution < 1.29 is 29.2 Å². The first kappa shape index (κ1) is 24.5. The lowest BCUT2D eigenvalue weighted by atomic mass is 9.96. The fraction of sp³-hybridized carbons (Fsp3) is 0.286. The van der Waals surface area contributed by atoms with Crippen LogP contribution in [0, 0.1) is 0 Å². The van der Waals surface area contributed by atoms with Gasteiger partial charge in [-0.2, -0.15) is 0 Å². The molecule has 0 fully saturated rings. The Labute approximate surface area is 212 Å². The number of aromatic nitrogens is 2. The Bertz CT molecular complexity index is 1580. The Kier molecular flexibility index (Phi) is 6.39. The largest absolute Gasteiger partial charge is 0.506 e. The molecule has 4 aromatic rings. The summed E-state index contributed by atoms with van der Waals surface area (Å²) >= 11 is 0. The summed E-state index contributed by atoms with van der Waals surface area (Å²) in [7, 11) is 4.28. The maximum Gasteiger partial charge on any atom is 0.347 e. The third kappa shape index (κ3) is 4.01. The van der Waals surface area contributed by atoms with Gasteiger partial charge in [-0.25, -0.2) is 4.79 Å². The minimum absolute atomic E-state index is 0.0884. The number of hydrogen-bond donors (Lipinski definition) is 3. The molecule has 1 aliphatic carbocycles. The second-order valence-electron chi connectivity index (χ2n) is 8.97. The van der Waals surface area contributed by atoms with Crippen LogP contribution >= 0.6 is 0 Å². The van der Waals surface area contributed by atoms with Crippen LogP contribution in [0.1, 0.15) is 39.2 Å². The molecule has 0 saturated heterocycles. The first-order chi connectivity index (χ1) is 17.9. The minimum atomic E-state index is -0.890. The first-order valence-corrected chi connectivity index (χ1v) is 11.9. The van der Waals surface area contributed by atoms with Gasteiger partial charge in [-0.15, -0.1) is 0 Å². The van der Waals surface area contributed by atoms with E-state index in [2.05, 4.69) is 4.98 Å². The van der Waals surface area contributed by atoms with Crippen LogP contribution < -0.4 is 15.0 Å². The van der Waals surface area contributed by atoms with Gasteiger partial charge in [0.25, 0.3) is 5.56 Å². The summed E-state index contributed by atoms with van der Waals surface area (Å²) in [6, 6.07) is 11.0. The van der Waals surface area contributed by atoms with Crippen molar-refractivity contribution in [2.75, 3.05) is 21.3 Å². The highest BCUT2D eigenvalue weighted by molar-refractivity contribution is 5.95. The number of hydrogen-bond acceptors (Lipinski definition) is 7. The second-order valence-corrected chi connectivity index (χ2v) is 8.97. The van der Waals surface area contributed by atoms with E-state index < -0.39 is 11.5 Å². The number of fused-ring (bicyclic) bond motifs is 5. The predicted molar refractivity (Wildman–Crippen MR) is 138 cm³/mol. The van der Waals surface area contributed by atoms with Crippen molar-refractivity contribution in [3.05, 3.63) is 74.7 Å². The number of pyridine rings is 1. The molecule has 1 aliphatic rings. The Morgan fingerprint density at radius 3 is 2.54 bits per heavy atom. The molecule has 0 amide bonds.